The number of anilines is 1. The largest absolute Gasteiger partial charge is 0.466 e. The molecule has 13 heteroatoms. The van der Waals surface area contributed by atoms with Crippen LogP contribution in [0.25, 0.3) is 0 Å². The Bertz CT molecular complexity index is 1140. The molecule has 2 aromatic rings. The number of ether oxygens (including phenoxy) is 2. The van der Waals surface area contributed by atoms with E-state index in [-0.39, 0.29) is 48.8 Å². The number of halogens is 6. The van der Waals surface area contributed by atoms with Crippen molar-refractivity contribution in [3.63, 3.8) is 0 Å². The third-order valence-corrected chi connectivity index (χ3v) is 4.69. The number of alkyl halides is 3. The van der Waals surface area contributed by atoms with Gasteiger partial charge in [0.2, 0.25) is 0 Å². The molecule has 0 saturated carbocycles. The molecule has 7 nitrogen and oxygen atoms in total. The van der Waals surface area contributed by atoms with E-state index in [2.05, 4.69) is 10.1 Å². The van der Waals surface area contributed by atoms with E-state index >= 15 is 0 Å². The highest BCUT2D eigenvalue weighted by molar-refractivity contribution is 6.08. The summed E-state index contributed by atoms with van der Waals surface area (Å²) in [4.78, 5) is 25.6. The lowest BCUT2D eigenvalue weighted by atomic mass is 10.2. The molecular weight excluding hydrogens is 474 g/mol. The maximum absolute atomic E-state index is 14.5. The molecule has 34 heavy (non-hydrogen) atoms. The van der Waals surface area contributed by atoms with Crippen molar-refractivity contribution >= 4 is 17.6 Å². The van der Waals surface area contributed by atoms with Gasteiger partial charge in [-0.25, -0.2) is 18.0 Å². The number of nitrogens with one attached hydrogen (secondary N) is 1. The molecule has 3 rings (SSSR count). The van der Waals surface area contributed by atoms with Gasteiger partial charge >= 0.3 is 12.1 Å². The Balaban J connectivity index is 1.86. The van der Waals surface area contributed by atoms with Gasteiger partial charge in [0.25, 0.3) is 5.91 Å². The van der Waals surface area contributed by atoms with E-state index in [9.17, 15) is 35.9 Å². The summed E-state index contributed by atoms with van der Waals surface area (Å²) in [6.07, 6.45) is -5.00. The van der Waals surface area contributed by atoms with Gasteiger partial charge in [0, 0.05) is 18.3 Å². The predicted octanol–water partition coefficient (Wildman–Crippen LogP) is 3.59. The molecule has 1 aliphatic rings. The number of benzene rings is 2. The molecule has 0 aromatic heterocycles. The first-order valence-corrected chi connectivity index (χ1v) is 9.48. The number of rotatable bonds is 7. The number of aliphatic hydroxyl groups excluding tert-OH is 1. The summed E-state index contributed by atoms with van der Waals surface area (Å²) in [6, 6.07) is 2.85. The zero-order valence-electron chi connectivity index (χ0n) is 17.3. The van der Waals surface area contributed by atoms with Crippen molar-refractivity contribution in [3.05, 3.63) is 64.6 Å². The third kappa shape index (κ3) is 5.09. The van der Waals surface area contributed by atoms with Crippen molar-refractivity contribution in [3.8, 4) is 11.5 Å². The number of amides is 1. The minimum atomic E-state index is -5.00. The molecule has 182 valence electrons. The van der Waals surface area contributed by atoms with Gasteiger partial charge in [-0.3, -0.25) is 4.79 Å². The van der Waals surface area contributed by atoms with Crippen LogP contribution in [0.4, 0.5) is 32.0 Å². The summed E-state index contributed by atoms with van der Waals surface area (Å²) >= 11 is 0. The van der Waals surface area contributed by atoms with Crippen LogP contribution in [0.3, 0.4) is 0 Å². The number of aliphatic hydroxyl groups is 1. The van der Waals surface area contributed by atoms with Crippen molar-refractivity contribution < 1.29 is 50.5 Å². The first-order valence-electron chi connectivity index (χ1n) is 9.48. The number of methoxy groups -OCH3 is 1. The zero-order valence-corrected chi connectivity index (χ0v) is 17.3. The topological polar surface area (TPSA) is 88.1 Å². The summed E-state index contributed by atoms with van der Waals surface area (Å²) < 4.78 is 89.9. The average molecular weight is 490 g/mol. The molecule has 2 N–H and O–H groups in total. The Hall–Kier alpha value is -3.74. The van der Waals surface area contributed by atoms with E-state index in [0.717, 1.165) is 30.2 Å². The second-order valence-corrected chi connectivity index (χ2v) is 6.93. The lowest BCUT2D eigenvalue weighted by Gasteiger charge is -2.15. The normalized spacial score (nSPS) is 14.0. The predicted molar refractivity (Wildman–Crippen MR) is 104 cm³/mol. The number of esters is 1. The van der Waals surface area contributed by atoms with Crippen LogP contribution < -0.4 is 10.1 Å². The fraction of sp³-hybridized carbons (Fsp3) is 0.238. The third-order valence-electron chi connectivity index (χ3n) is 4.69. The number of hydrogen-bond donors (Lipinski definition) is 2. The maximum atomic E-state index is 14.5. The molecule has 1 heterocycles. The minimum absolute atomic E-state index is 0.0108. The van der Waals surface area contributed by atoms with Crippen LogP contribution >= 0.6 is 0 Å². The van der Waals surface area contributed by atoms with Gasteiger partial charge in [-0.05, 0) is 24.3 Å². The highest BCUT2D eigenvalue weighted by atomic mass is 19.4. The van der Waals surface area contributed by atoms with Crippen LogP contribution in [-0.4, -0.2) is 48.7 Å². The van der Waals surface area contributed by atoms with Gasteiger partial charge in [-0.15, -0.1) is 0 Å². The summed E-state index contributed by atoms with van der Waals surface area (Å²) in [6.45, 7) is -0.605. The van der Waals surface area contributed by atoms with Crippen LogP contribution in [-0.2, 0) is 20.5 Å². The quantitative estimate of drug-likeness (QED) is 0.456. The molecule has 0 unspecified atom stereocenters. The number of carbonyl (C=O) groups is 2. The Labute approximate surface area is 188 Å². The molecule has 0 atom stereocenters. The average Bonchev–Trinajstić information content (AvgIpc) is 3.06. The summed E-state index contributed by atoms with van der Waals surface area (Å²) in [5.74, 6) is -8.01. The highest BCUT2D eigenvalue weighted by Gasteiger charge is 2.35. The first-order chi connectivity index (χ1) is 16.0. The Morgan fingerprint density at radius 1 is 1.12 bits per heavy atom. The van der Waals surface area contributed by atoms with Crippen molar-refractivity contribution in [2.24, 2.45) is 0 Å². The number of carbonyl (C=O) groups excluding carboxylic acids is 2. The zero-order chi connectivity index (χ0) is 25.2. The fourth-order valence-electron chi connectivity index (χ4n) is 3.09. The maximum Gasteiger partial charge on any atom is 0.416 e. The van der Waals surface area contributed by atoms with Crippen LogP contribution in [0.5, 0.6) is 11.5 Å². The number of β-amino-alcohol motifs (C(OH)–C–C–N with tert-alkyl or cyclic N) is 1. The number of nitrogens with zero attached hydrogens (tertiary/aromatic N) is 1. The second-order valence-electron chi connectivity index (χ2n) is 6.93. The van der Waals surface area contributed by atoms with Crippen molar-refractivity contribution in [1.29, 1.82) is 0 Å². The van der Waals surface area contributed by atoms with Gasteiger partial charge in [0.15, 0.2) is 29.0 Å². The fourth-order valence-corrected chi connectivity index (χ4v) is 3.09. The lowest BCUT2D eigenvalue weighted by Crippen LogP contribution is -2.31. The van der Waals surface area contributed by atoms with E-state index in [4.69, 9.17) is 9.84 Å². The van der Waals surface area contributed by atoms with Crippen molar-refractivity contribution in [2.75, 3.05) is 32.1 Å². The molecule has 0 aliphatic carbocycles. The SMILES string of the molecule is COC(=O)C1=C(Nc2ccc(Oc3c(F)cc(C(F)(F)F)cc3F)c(F)c2)C(=O)N(CCO)C1. The van der Waals surface area contributed by atoms with Gasteiger partial charge < -0.3 is 24.8 Å². The van der Waals surface area contributed by atoms with Crippen LogP contribution in [0, 0.1) is 17.5 Å². The van der Waals surface area contributed by atoms with E-state index in [0.29, 0.717) is 0 Å². The van der Waals surface area contributed by atoms with Crippen LogP contribution in [0.15, 0.2) is 41.6 Å². The summed E-state index contributed by atoms with van der Waals surface area (Å²) in [7, 11) is 1.09. The Morgan fingerprint density at radius 3 is 2.29 bits per heavy atom. The molecule has 1 amide bonds. The molecule has 0 radical (unpaired) electrons. The van der Waals surface area contributed by atoms with E-state index in [1.54, 1.807) is 0 Å². The minimum Gasteiger partial charge on any atom is -0.466 e. The molecule has 1 aliphatic heterocycles. The monoisotopic (exact) mass is 490 g/mol. The molecule has 0 spiro atoms. The lowest BCUT2D eigenvalue weighted by molar-refractivity contribution is -0.138. The van der Waals surface area contributed by atoms with Crippen LogP contribution in [0.2, 0.25) is 0 Å². The van der Waals surface area contributed by atoms with E-state index in [1.807, 2.05) is 0 Å². The molecule has 0 saturated heterocycles. The molecular formula is C21H16F6N2O5. The van der Waals surface area contributed by atoms with Gasteiger partial charge in [-0.2, -0.15) is 13.2 Å². The summed E-state index contributed by atoms with van der Waals surface area (Å²) in [5, 5.41) is 11.6. The van der Waals surface area contributed by atoms with E-state index < -0.39 is 52.6 Å². The molecule has 0 fully saturated rings. The molecule has 2 aromatic carbocycles. The molecule has 0 bridgehead atoms. The highest BCUT2D eigenvalue weighted by Crippen LogP contribution is 2.36. The second kappa shape index (κ2) is 9.63. The van der Waals surface area contributed by atoms with Gasteiger partial charge in [0.1, 0.15) is 5.70 Å². The van der Waals surface area contributed by atoms with Crippen molar-refractivity contribution in [1.82, 2.24) is 4.90 Å². The Morgan fingerprint density at radius 2 is 1.76 bits per heavy atom. The van der Waals surface area contributed by atoms with Gasteiger partial charge in [0.05, 0.1) is 31.4 Å². The number of hydrogen-bond acceptors (Lipinski definition) is 6. The smallest absolute Gasteiger partial charge is 0.416 e. The standard InChI is InChI=1S/C21H16F6N2O5/c1-33-20(32)12-9-29(4-5-30)19(31)17(12)28-11-2-3-16(13(22)8-11)34-18-14(23)6-10(7-15(18)24)21(25,26)27/h2-3,6-8,28,30H,4-5,9H2,1H3. The van der Waals surface area contributed by atoms with Crippen LogP contribution in [0.1, 0.15) is 5.56 Å². The first kappa shape index (κ1) is 24.9. The summed E-state index contributed by atoms with van der Waals surface area (Å²) in [5.41, 5.74) is -1.95. The van der Waals surface area contributed by atoms with Crippen molar-refractivity contribution in [2.45, 2.75) is 6.18 Å². The Kier molecular flexibility index (Phi) is 7.05. The van der Waals surface area contributed by atoms with E-state index in [1.165, 1.54) is 0 Å². The van der Waals surface area contributed by atoms with Gasteiger partial charge in [-0.1, -0.05) is 0 Å².